The smallest absolute Gasteiger partial charge is 0.279 e. The van der Waals surface area contributed by atoms with Crippen LogP contribution in [0.25, 0.3) is 10.2 Å². The Morgan fingerprint density at radius 3 is 2.50 bits per heavy atom. The minimum absolute atomic E-state index is 0.0177. The van der Waals surface area contributed by atoms with Gasteiger partial charge in [-0.1, -0.05) is 17.4 Å². The van der Waals surface area contributed by atoms with Gasteiger partial charge in [0.1, 0.15) is 0 Å². The van der Waals surface area contributed by atoms with E-state index in [1.54, 1.807) is 24.3 Å². The Hall–Kier alpha value is -2.75. The number of anilines is 1. The van der Waals surface area contributed by atoms with Gasteiger partial charge in [0, 0.05) is 31.9 Å². The van der Waals surface area contributed by atoms with Crippen LogP contribution >= 0.6 is 11.3 Å². The Kier molecular flexibility index (Phi) is 5.50. The highest BCUT2D eigenvalue weighted by Gasteiger charge is 2.13. The van der Waals surface area contributed by atoms with Gasteiger partial charge in [0.2, 0.25) is 10.0 Å². The first kappa shape index (κ1) is 20.0. The number of benzene rings is 2. The average Bonchev–Trinajstić information content (AvgIpc) is 2.98. The molecule has 146 valence electrons. The van der Waals surface area contributed by atoms with Gasteiger partial charge in [0.25, 0.3) is 5.91 Å². The number of hydrogen-bond donors (Lipinski definition) is 1. The molecule has 9 heteroatoms. The first-order chi connectivity index (χ1) is 13.2. The first-order valence-electron chi connectivity index (χ1n) is 8.34. The van der Waals surface area contributed by atoms with Crippen LogP contribution in [-0.4, -0.2) is 33.0 Å². The van der Waals surface area contributed by atoms with Crippen LogP contribution in [-0.2, 0) is 16.6 Å². The Balaban J connectivity index is 2.10. The first-order valence-corrected chi connectivity index (χ1v) is 10.7. The van der Waals surface area contributed by atoms with E-state index in [0.717, 1.165) is 11.2 Å². The van der Waals surface area contributed by atoms with Crippen LogP contribution in [0.4, 0.5) is 5.69 Å². The van der Waals surface area contributed by atoms with Gasteiger partial charge in [-0.3, -0.25) is 4.79 Å². The number of amides is 1. The number of allylic oxidation sites excluding steroid dienone is 1. The number of nitrogens with two attached hydrogens (primary N) is 1. The lowest BCUT2D eigenvalue weighted by Crippen LogP contribution is -2.16. The third-order valence-electron chi connectivity index (χ3n) is 4.12. The Labute approximate surface area is 167 Å². The molecule has 3 rings (SSSR count). The van der Waals surface area contributed by atoms with E-state index >= 15 is 0 Å². The third kappa shape index (κ3) is 4.06. The van der Waals surface area contributed by atoms with Crippen LogP contribution in [0.3, 0.4) is 0 Å². The van der Waals surface area contributed by atoms with Gasteiger partial charge >= 0.3 is 0 Å². The summed E-state index contributed by atoms with van der Waals surface area (Å²) >= 11 is 1.22. The van der Waals surface area contributed by atoms with Gasteiger partial charge in [0.05, 0.1) is 15.1 Å². The molecule has 2 N–H and O–H groups in total. The molecule has 0 spiro atoms. The van der Waals surface area contributed by atoms with Crippen molar-refractivity contribution in [1.29, 1.82) is 0 Å². The molecule has 1 heterocycles. The van der Waals surface area contributed by atoms with Crippen molar-refractivity contribution in [2.45, 2.75) is 11.4 Å². The SMILES string of the molecule is C=CCn1c(=NC(=O)c2ccc(N(C)C)cc2)sc2cc(S(N)(=O)=O)ccc21. The van der Waals surface area contributed by atoms with Gasteiger partial charge in [-0.05, 0) is 42.5 Å². The molecule has 0 unspecified atom stereocenters. The predicted octanol–water partition coefficient (Wildman–Crippen LogP) is 2.34. The lowest BCUT2D eigenvalue weighted by Gasteiger charge is -2.11. The summed E-state index contributed by atoms with van der Waals surface area (Å²) in [5.41, 5.74) is 2.21. The minimum atomic E-state index is -3.81. The summed E-state index contributed by atoms with van der Waals surface area (Å²) in [5.74, 6) is -0.374. The number of nitrogens with zero attached hydrogens (tertiary/aromatic N) is 3. The maximum atomic E-state index is 12.6. The lowest BCUT2D eigenvalue weighted by atomic mass is 10.2. The van der Waals surface area contributed by atoms with Crippen molar-refractivity contribution in [1.82, 2.24) is 4.57 Å². The summed E-state index contributed by atoms with van der Waals surface area (Å²) in [5, 5.41) is 5.21. The molecule has 0 saturated heterocycles. The van der Waals surface area contributed by atoms with Gasteiger partial charge in [0.15, 0.2) is 4.80 Å². The zero-order valence-electron chi connectivity index (χ0n) is 15.5. The quantitative estimate of drug-likeness (QED) is 0.646. The van der Waals surface area contributed by atoms with E-state index in [2.05, 4.69) is 11.6 Å². The number of carbonyl (C=O) groups excluding carboxylic acids is 1. The van der Waals surface area contributed by atoms with E-state index in [4.69, 9.17) is 5.14 Å². The van der Waals surface area contributed by atoms with Crippen LogP contribution in [0.1, 0.15) is 10.4 Å². The minimum Gasteiger partial charge on any atom is -0.378 e. The van der Waals surface area contributed by atoms with Crippen molar-refractivity contribution < 1.29 is 13.2 Å². The monoisotopic (exact) mass is 416 g/mol. The number of sulfonamides is 1. The van der Waals surface area contributed by atoms with E-state index in [9.17, 15) is 13.2 Å². The maximum Gasteiger partial charge on any atom is 0.279 e. The molecule has 28 heavy (non-hydrogen) atoms. The van der Waals surface area contributed by atoms with Crippen LogP contribution in [0.15, 0.2) is 65.0 Å². The van der Waals surface area contributed by atoms with Gasteiger partial charge < -0.3 is 9.47 Å². The third-order valence-corrected chi connectivity index (χ3v) is 6.07. The Morgan fingerprint density at radius 2 is 1.93 bits per heavy atom. The van der Waals surface area contributed by atoms with Crippen molar-refractivity contribution in [2.24, 2.45) is 10.1 Å². The number of thiazole rings is 1. The summed E-state index contributed by atoms with van der Waals surface area (Å²) in [6, 6.07) is 11.7. The van der Waals surface area contributed by atoms with Gasteiger partial charge in [-0.2, -0.15) is 4.99 Å². The second kappa shape index (κ2) is 7.70. The number of fused-ring (bicyclic) bond motifs is 1. The molecule has 0 aliphatic rings. The fraction of sp³-hybridized carbons (Fsp3) is 0.158. The number of primary sulfonamides is 1. The van der Waals surface area contributed by atoms with Crippen LogP contribution < -0.4 is 14.8 Å². The number of aromatic nitrogens is 1. The topological polar surface area (TPSA) is 97.8 Å². The molecule has 0 radical (unpaired) electrons. The number of rotatable bonds is 5. The summed E-state index contributed by atoms with van der Waals surface area (Å²) in [6.07, 6.45) is 1.69. The molecule has 3 aromatic rings. The molecule has 0 aliphatic heterocycles. The van der Waals surface area contributed by atoms with E-state index < -0.39 is 10.0 Å². The summed E-state index contributed by atoms with van der Waals surface area (Å²) in [7, 11) is 0.0344. The van der Waals surface area contributed by atoms with Crippen molar-refractivity contribution in [2.75, 3.05) is 19.0 Å². The largest absolute Gasteiger partial charge is 0.378 e. The van der Waals surface area contributed by atoms with Gasteiger partial charge in [-0.15, -0.1) is 6.58 Å². The molecule has 0 saturated carbocycles. The van der Waals surface area contributed by atoms with E-state index in [-0.39, 0.29) is 10.8 Å². The second-order valence-corrected chi connectivity index (χ2v) is 8.89. The Bertz CT molecular complexity index is 1220. The summed E-state index contributed by atoms with van der Waals surface area (Å²) < 4.78 is 25.7. The summed E-state index contributed by atoms with van der Waals surface area (Å²) in [4.78, 5) is 19.3. The van der Waals surface area contributed by atoms with Crippen molar-refractivity contribution in [3.05, 3.63) is 65.5 Å². The fourth-order valence-electron chi connectivity index (χ4n) is 2.67. The zero-order valence-corrected chi connectivity index (χ0v) is 17.1. The predicted molar refractivity (Wildman–Crippen MR) is 112 cm³/mol. The number of carbonyl (C=O) groups is 1. The molecule has 0 aliphatic carbocycles. The molecular weight excluding hydrogens is 396 g/mol. The van der Waals surface area contributed by atoms with Crippen molar-refractivity contribution in [3.63, 3.8) is 0 Å². The van der Waals surface area contributed by atoms with E-state index in [1.807, 2.05) is 35.7 Å². The van der Waals surface area contributed by atoms with Crippen LogP contribution in [0.2, 0.25) is 0 Å². The highest BCUT2D eigenvalue weighted by molar-refractivity contribution is 7.89. The summed E-state index contributed by atoms with van der Waals surface area (Å²) in [6.45, 7) is 4.17. The molecule has 0 atom stereocenters. The lowest BCUT2D eigenvalue weighted by molar-refractivity contribution is 0.0998. The Morgan fingerprint density at radius 1 is 1.25 bits per heavy atom. The molecular formula is C19H20N4O3S2. The zero-order chi connectivity index (χ0) is 20.5. The van der Waals surface area contributed by atoms with E-state index in [0.29, 0.717) is 21.6 Å². The molecule has 0 bridgehead atoms. The fourth-order valence-corrected chi connectivity index (χ4v) is 4.37. The molecule has 1 amide bonds. The molecule has 7 nitrogen and oxygen atoms in total. The normalized spacial score (nSPS) is 12.3. The maximum absolute atomic E-state index is 12.6. The van der Waals surface area contributed by atoms with Crippen LogP contribution in [0, 0.1) is 0 Å². The highest BCUT2D eigenvalue weighted by Crippen LogP contribution is 2.21. The molecule has 0 fully saturated rings. The number of hydrogen-bond acceptors (Lipinski definition) is 5. The highest BCUT2D eigenvalue weighted by atomic mass is 32.2. The van der Waals surface area contributed by atoms with E-state index in [1.165, 1.54) is 23.5 Å². The molecule has 1 aromatic heterocycles. The van der Waals surface area contributed by atoms with Crippen molar-refractivity contribution >= 4 is 43.2 Å². The average molecular weight is 417 g/mol. The van der Waals surface area contributed by atoms with Crippen LogP contribution in [0.5, 0.6) is 0 Å². The van der Waals surface area contributed by atoms with Gasteiger partial charge in [-0.25, -0.2) is 13.6 Å². The van der Waals surface area contributed by atoms with Crippen molar-refractivity contribution in [3.8, 4) is 0 Å². The second-order valence-electron chi connectivity index (χ2n) is 6.32. The molecule has 2 aromatic carbocycles. The standard InChI is InChI=1S/C19H20N4O3S2/c1-4-11-23-16-10-9-15(28(20,25)26)12-17(16)27-19(23)21-18(24)13-5-7-14(8-6-13)22(2)3/h4-10,12H,1,11H2,2-3H3,(H2,20,25,26).